The second kappa shape index (κ2) is 4.77. The maximum Gasteiger partial charge on any atom is 0.147 e. The monoisotopic (exact) mass is 180 g/mol. The first-order valence-corrected chi connectivity index (χ1v) is 4.45. The molecule has 1 rings (SSSR count). The summed E-state index contributed by atoms with van der Waals surface area (Å²) in [7, 11) is 0. The second-order valence-corrected chi connectivity index (χ2v) is 3.21. The molecule has 0 aliphatic carbocycles. The minimum absolute atomic E-state index is 0.460. The molecule has 4 heteroatoms. The molecule has 0 amide bonds. The van der Waals surface area contributed by atoms with Gasteiger partial charge in [-0.15, -0.1) is 0 Å². The number of aromatic nitrogens is 2. The highest BCUT2D eigenvalue weighted by atomic mass is 15.0. The van der Waals surface area contributed by atoms with Crippen LogP contribution in [0.2, 0.25) is 0 Å². The number of nitrogens with two attached hydrogens (primary N) is 1. The number of aryl methyl sites for hydroxylation is 1. The lowest BCUT2D eigenvalue weighted by Gasteiger charge is -2.11. The van der Waals surface area contributed by atoms with Crippen LogP contribution in [-0.2, 0) is 0 Å². The highest BCUT2D eigenvalue weighted by molar-refractivity contribution is 5.38. The largest absolute Gasteiger partial charge is 0.368 e. The summed E-state index contributed by atoms with van der Waals surface area (Å²) < 4.78 is 0. The molecular weight excluding hydrogens is 164 g/mol. The molecule has 4 nitrogen and oxygen atoms in total. The smallest absolute Gasteiger partial charge is 0.147 e. The van der Waals surface area contributed by atoms with Crippen molar-refractivity contribution in [1.82, 2.24) is 9.97 Å². The summed E-state index contributed by atoms with van der Waals surface area (Å²) >= 11 is 0. The first-order valence-electron chi connectivity index (χ1n) is 4.45. The van der Waals surface area contributed by atoms with Crippen LogP contribution in [0.3, 0.4) is 0 Å². The van der Waals surface area contributed by atoms with Crippen molar-refractivity contribution in [3.8, 4) is 0 Å². The predicted molar refractivity (Wildman–Crippen MR) is 53.5 cm³/mol. The Morgan fingerprint density at radius 2 is 2.15 bits per heavy atom. The van der Waals surface area contributed by atoms with Crippen molar-refractivity contribution in [3.63, 3.8) is 0 Å². The number of hydrogen-bond acceptors (Lipinski definition) is 4. The lowest BCUT2D eigenvalue weighted by atomic mass is 10.2. The van der Waals surface area contributed by atoms with E-state index in [9.17, 15) is 0 Å². The van der Waals surface area contributed by atoms with Crippen molar-refractivity contribution < 1.29 is 0 Å². The molecule has 0 radical (unpaired) electrons. The van der Waals surface area contributed by atoms with Gasteiger partial charge in [0, 0.05) is 18.9 Å². The van der Waals surface area contributed by atoms with Crippen molar-refractivity contribution >= 4 is 5.82 Å². The van der Waals surface area contributed by atoms with E-state index in [1.54, 1.807) is 12.4 Å². The van der Waals surface area contributed by atoms with Crippen LogP contribution in [0.5, 0.6) is 0 Å². The number of nitrogens with one attached hydrogen (secondary N) is 1. The van der Waals surface area contributed by atoms with E-state index in [0.717, 1.165) is 18.1 Å². The minimum atomic E-state index is 0.460. The molecule has 0 aromatic carbocycles. The van der Waals surface area contributed by atoms with Crippen LogP contribution in [0.25, 0.3) is 0 Å². The molecule has 13 heavy (non-hydrogen) atoms. The summed E-state index contributed by atoms with van der Waals surface area (Å²) in [5.41, 5.74) is 6.42. The van der Waals surface area contributed by atoms with Crippen LogP contribution in [0.15, 0.2) is 12.4 Å². The SMILES string of the molecule is Cc1nccnc1NCC(C)CN. The van der Waals surface area contributed by atoms with E-state index in [1.807, 2.05) is 6.92 Å². The van der Waals surface area contributed by atoms with E-state index in [1.165, 1.54) is 0 Å². The van der Waals surface area contributed by atoms with Gasteiger partial charge in [-0.1, -0.05) is 6.92 Å². The summed E-state index contributed by atoms with van der Waals surface area (Å²) in [4.78, 5) is 8.30. The summed E-state index contributed by atoms with van der Waals surface area (Å²) in [6.45, 7) is 5.56. The Morgan fingerprint density at radius 1 is 1.46 bits per heavy atom. The number of nitrogens with zero attached hydrogens (tertiary/aromatic N) is 2. The molecule has 0 spiro atoms. The normalized spacial score (nSPS) is 12.5. The molecule has 1 heterocycles. The second-order valence-electron chi connectivity index (χ2n) is 3.21. The van der Waals surface area contributed by atoms with Crippen molar-refractivity contribution in [2.24, 2.45) is 11.7 Å². The van der Waals surface area contributed by atoms with Crippen LogP contribution in [0.1, 0.15) is 12.6 Å². The third-order valence-electron chi connectivity index (χ3n) is 1.90. The average molecular weight is 180 g/mol. The molecule has 1 unspecified atom stereocenters. The number of hydrogen-bond donors (Lipinski definition) is 2. The Balaban J connectivity index is 2.50. The molecule has 0 aliphatic heterocycles. The zero-order chi connectivity index (χ0) is 9.68. The van der Waals surface area contributed by atoms with Crippen molar-refractivity contribution in [2.75, 3.05) is 18.4 Å². The molecule has 0 fully saturated rings. The minimum Gasteiger partial charge on any atom is -0.368 e. The van der Waals surface area contributed by atoms with Crippen LogP contribution < -0.4 is 11.1 Å². The van der Waals surface area contributed by atoms with Gasteiger partial charge in [-0.05, 0) is 19.4 Å². The topological polar surface area (TPSA) is 63.8 Å². The van der Waals surface area contributed by atoms with Gasteiger partial charge in [0.15, 0.2) is 0 Å². The van der Waals surface area contributed by atoms with Gasteiger partial charge in [0.2, 0.25) is 0 Å². The molecule has 1 aromatic rings. The Kier molecular flexibility index (Phi) is 3.64. The quantitative estimate of drug-likeness (QED) is 0.719. The summed E-state index contributed by atoms with van der Waals surface area (Å²) in [6, 6.07) is 0. The van der Waals surface area contributed by atoms with Gasteiger partial charge in [0.25, 0.3) is 0 Å². The third kappa shape index (κ3) is 2.99. The summed E-state index contributed by atoms with van der Waals surface area (Å²) in [5, 5.41) is 3.21. The number of anilines is 1. The first-order chi connectivity index (χ1) is 6.24. The Morgan fingerprint density at radius 3 is 2.77 bits per heavy atom. The maximum atomic E-state index is 5.50. The molecule has 0 bridgehead atoms. The Hall–Kier alpha value is -1.16. The van der Waals surface area contributed by atoms with E-state index < -0.39 is 0 Å². The Bertz CT molecular complexity index is 262. The van der Waals surface area contributed by atoms with E-state index in [0.29, 0.717) is 12.5 Å². The zero-order valence-electron chi connectivity index (χ0n) is 8.12. The lowest BCUT2D eigenvalue weighted by molar-refractivity contribution is 0.626. The van der Waals surface area contributed by atoms with Crippen molar-refractivity contribution in [3.05, 3.63) is 18.1 Å². The van der Waals surface area contributed by atoms with E-state index >= 15 is 0 Å². The highest BCUT2D eigenvalue weighted by Gasteiger charge is 2.01. The highest BCUT2D eigenvalue weighted by Crippen LogP contribution is 2.06. The predicted octanol–water partition coefficient (Wildman–Crippen LogP) is 0.792. The van der Waals surface area contributed by atoms with E-state index in [-0.39, 0.29) is 0 Å². The first kappa shape index (κ1) is 9.92. The molecule has 3 N–H and O–H groups in total. The summed E-state index contributed by atoms with van der Waals surface area (Å²) in [5.74, 6) is 1.31. The molecule has 1 aromatic heterocycles. The lowest BCUT2D eigenvalue weighted by Crippen LogP contribution is -2.20. The van der Waals surface area contributed by atoms with Gasteiger partial charge in [-0.2, -0.15) is 0 Å². The molecule has 0 saturated carbocycles. The zero-order valence-corrected chi connectivity index (χ0v) is 8.12. The Labute approximate surface area is 78.6 Å². The maximum absolute atomic E-state index is 5.50. The molecular formula is C9H16N4. The van der Waals surface area contributed by atoms with E-state index in [4.69, 9.17) is 5.73 Å². The fraction of sp³-hybridized carbons (Fsp3) is 0.556. The van der Waals surface area contributed by atoms with Gasteiger partial charge >= 0.3 is 0 Å². The summed E-state index contributed by atoms with van der Waals surface area (Å²) in [6.07, 6.45) is 3.37. The molecule has 72 valence electrons. The molecule has 0 aliphatic rings. The van der Waals surface area contributed by atoms with Crippen LogP contribution in [0, 0.1) is 12.8 Å². The average Bonchev–Trinajstić information content (AvgIpc) is 2.16. The van der Waals surface area contributed by atoms with Gasteiger partial charge in [-0.25, -0.2) is 4.98 Å². The van der Waals surface area contributed by atoms with Crippen molar-refractivity contribution in [1.29, 1.82) is 0 Å². The third-order valence-corrected chi connectivity index (χ3v) is 1.90. The molecule has 1 atom stereocenters. The van der Waals surface area contributed by atoms with Gasteiger partial charge < -0.3 is 11.1 Å². The van der Waals surface area contributed by atoms with Gasteiger partial charge in [-0.3, -0.25) is 4.98 Å². The van der Waals surface area contributed by atoms with Gasteiger partial charge in [0.05, 0.1) is 5.69 Å². The van der Waals surface area contributed by atoms with Gasteiger partial charge in [0.1, 0.15) is 5.82 Å². The number of rotatable bonds is 4. The van der Waals surface area contributed by atoms with Crippen LogP contribution >= 0.6 is 0 Å². The molecule has 0 saturated heterocycles. The fourth-order valence-electron chi connectivity index (χ4n) is 0.935. The van der Waals surface area contributed by atoms with Crippen LogP contribution in [-0.4, -0.2) is 23.1 Å². The fourth-order valence-corrected chi connectivity index (χ4v) is 0.935. The van der Waals surface area contributed by atoms with E-state index in [2.05, 4.69) is 22.2 Å². The van der Waals surface area contributed by atoms with Crippen molar-refractivity contribution in [2.45, 2.75) is 13.8 Å². The standard InChI is InChI=1S/C9H16N4/c1-7(5-10)6-13-9-8(2)11-3-4-12-9/h3-4,7H,5-6,10H2,1-2H3,(H,12,13). The van der Waals surface area contributed by atoms with Crippen LogP contribution in [0.4, 0.5) is 5.82 Å².